The molecular formula is C15H19N7O. The van der Waals surface area contributed by atoms with Gasteiger partial charge in [-0.15, -0.1) is 5.10 Å². The summed E-state index contributed by atoms with van der Waals surface area (Å²) in [4.78, 5) is 18.9. The highest BCUT2D eigenvalue weighted by molar-refractivity contribution is 5.95. The average Bonchev–Trinajstić information content (AvgIpc) is 3.17. The van der Waals surface area contributed by atoms with E-state index < -0.39 is 0 Å². The molecule has 1 spiro atoms. The van der Waals surface area contributed by atoms with Crippen molar-refractivity contribution in [1.82, 2.24) is 30.5 Å². The van der Waals surface area contributed by atoms with Gasteiger partial charge in [0.1, 0.15) is 12.1 Å². The van der Waals surface area contributed by atoms with Crippen LogP contribution in [0.4, 0.5) is 5.82 Å². The van der Waals surface area contributed by atoms with Gasteiger partial charge in [-0.05, 0) is 60.8 Å². The number of nitrogens with zero attached hydrogens (tertiary/aromatic N) is 6. The van der Waals surface area contributed by atoms with Gasteiger partial charge in [-0.25, -0.2) is 4.98 Å². The molecule has 2 aliphatic heterocycles. The molecule has 2 aromatic rings. The zero-order valence-electron chi connectivity index (χ0n) is 13.1. The summed E-state index contributed by atoms with van der Waals surface area (Å²) in [5, 5.41) is 14.5. The standard InChI is InChI=1S/C15H19N7O/c1-11-12(22-10-17-19-20-22)2-3-13(18-11)21-9-15(8-14(21)23)4-6-16-7-5-15/h2-3,10,16H,4-9H2,1H3. The molecule has 0 atom stereocenters. The Hall–Kier alpha value is -2.35. The molecule has 1 amide bonds. The van der Waals surface area contributed by atoms with Crippen LogP contribution in [-0.2, 0) is 4.79 Å². The van der Waals surface area contributed by atoms with Crippen molar-refractivity contribution in [3.63, 3.8) is 0 Å². The highest BCUT2D eigenvalue weighted by Gasteiger charge is 2.44. The van der Waals surface area contributed by atoms with Crippen molar-refractivity contribution < 1.29 is 4.79 Å². The largest absolute Gasteiger partial charge is 0.317 e. The summed E-state index contributed by atoms with van der Waals surface area (Å²) in [7, 11) is 0. The van der Waals surface area contributed by atoms with Crippen molar-refractivity contribution in [3.05, 3.63) is 24.2 Å². The van der Waals surface area contributed by atoms with Crippen LogP contribution in [0.5, 0.6) is 0 Å². The summed E-state index contributed by atoms with van der Waals surface area (Å²) < 4.78 is 1.58. The quantitative estimate of drug-likeness (QED) is 0.867. The highest BCUT2D eigenvalue weighted by Crippen LogP contribution is 2.40. The third-order valence-electron chi connectivity index (χ3n) is 4.90. The number of carbonyl (C=O) groups is 1. The third kappa shape index (κ3) is 2.48. The predicted octanol–water partition coefficient (Wildman–Crippen LogP) is 0.472. The minimum absolute atomic E-state index is 0.117. The number of aromatic nitrogens is 5. The van der Waals surface area contributed by atoms with Gasteiger partial charge in [-0.3, -0.25) is 9.69 Å². The van der Waals surface area contributed by atoms with Gasteiger partial charge >= 0.3 is 0 Å². The highest BCUT2D eigenvalue weighted by atomic mass is 16.2. The topological polar surface area (TPSA) is 88.8 Å². The Morgan fingerprint density at radius 1 is 1.26 bits per heavy atom. The molecule has 0 radical (unpaired) electrons. The summed E-state index contributed by atoms with van der Waals surface area (Å²) in [6.45, 7) is 4.66. The zero-order valence-corrected chi connectivity index (χ0v) is 13.1. The fraction of sp³-hybridized carbons (Fsp3) is 0.533. The van der Waals surface area contributed by atoms with Crippen LogP contribution in [0, 0.1) is 12.3 Å². The molecule has 2 fully saturated rings. The van der Waals surface area contributed by atoms with Gasteiger partial charge in [0, 0.05) is 13.0 Å². The van der Waals surface area contributed by atoms with Crippen LogP contribution in [0.2, 0.25) is 0 Å². The normalized spacial score (nSPS) is 20.4. The molecule has 120 valence electrons. The first-order valence-corrected chi connectivity index (χ1v) is 7.89. The summed E-state index contributed by atoms with van der Waals surface area (Å²) >= 11 is 0. The maximum atomic E-state index is 12.5. The molecule has 23 heavy (non-hydrogen) atoms. The van der Waals surface area contributed by atoms with E-state index in [0.29, 0.717) is 6.42 Å². The molecule has 0 aliphatic carbocycles. The van der Waals surface area contributed by atoms with Crippen LogP contribution < -0.4 is 10.2 Å². The van der Waals surface area contributed by atoms with E-state index in [9.17, 15) is 4.79 Å². The van der Waals surface area contributed by atoms with Crippen LogP contribution in [0.15, 0.2) is 18.5 Å². The summed E-state index contributed by atoms with van der Waals surface area (Å²) in [5.74, 6) is 0.897. The number of carbonyl (C=O) groups excluding carboxylic acids is 1. The van der Waals surface area contributed by atoms with E-state index in [2.05, 4.69) is 25.8 Å². The lowest BCUT2D eigenvalue weighted by atomic mass is 9.78. The molecule has 4 rings (SSSR count). The molecule has 0 aromatic carbocycles. The van der Waals surface area contributed by atoms with Crippen molar-refractivity contribution in [3.8, 4) is 5.69 Å². The van der Waals surface area contributed by atoms with Crippen LogP contribution in [0.25, 0.3) is 5.69 Å². The Morgan fingerprint density at radius 2 is 2.09 bits per heavy atom. The minimum Gasteiger partial charge on any atom is -0.317 e. The number of anilines is 1. The maximum absolute atomic E-state index is 12.5. The average molecular weight is 313 g/mol. The lowest BCUT2D eigenvalue weighted by Crippen LogP contribution is -2.38. The van der Waals surface area contributed by atoms with E-state index in [0.717, 1.165) is 49.7 Å². The third-order valence-corrected chi connectivity index (χ3v) is 4.90. The molecular weight excluding hydrogens is 294 g/mol. The van der Waals surface area contributed by atoms with Crippen molar-refractivity contribution in [2.45, 2.75) is 26.2 Å². The van der Waals surface area contributed by atoms with Gasteiger partial charge < -0.3 is 5.32 Å². The second-order valence-corrected chi connectivity index (χ2v) is 6.44. The smallest absolute Gasteiger partial charge is 0.228 e. The predicted molar refractivity (Wildman–Crippen MR) is 83.2 cm³/mol. The Balaban J connectivity index is 1.61. The molecule has 0 unspecified atom stereocenters. The van der Waals surface area contributed by atoms with E-state index in [-0.39, 0.29) is 11.3 Å². The number of hydrogen-bond donors (Lipinski definition) is 1. The maximum Gasteiger partial charge on any atom is 0.228 e. The number of pyridine rings is 1. The van der Waals surface area contributed by atoms with E-state index >= 15 is 0 Å². The molecule has 8 heteroatoms. The SMILES string of the molecule is Cc1nc(N2CC3(CCNCC3)CC2=O)ccc1-n1cnnn1. The van der Waals surface area contributed by atoms with Gasteiger partial charge in [0.25, 0.3) is 0 Å². The summed E-state index contributed by atoms with van der Waals surface area (Å²) in [6, 6.07) is 3.79. The molecule has 4 heterocycles. The first-order valence-electron chi connectivity index (χ1n) is 7.89. The van der Waals surface area contributed by atoms with Crippen molar-refractivity contribution in [2.75, 3.05) is 24.5 Å². The number of tetrazole rings is 1. The monoisotopic (exact) mass is 313 g/mol. The first-order chi connectivity index (χ1) is 11.2. The van der Waals surface area contributed by atoms with E-state index in [4.69, 9.17) is 0 Å². The van der Waals surface area contributed by atoms with Crippen LogP contribution >= 0.6 is 0 Å². The van der Waals surface area contributed by atoms with Gasteiger partial charge in [0.2, 0.25) is 5.91 Å². The Bertz CT molecular complexity index is 721. The van der Waals surface area contributed by atoms with Crippen LogP contribution in [0.3, 0.4) is 0 Å². The lowest BCUT2D eigenvalue weighted by Gasteiger charge is -2.32. The van der Waals surface area contributed by atoms with E-state index in [1.807, 2.05) is 24.0 Å². The van der Waals surface area contributed by atoms with Gasteiger partial charge in [-0.2, -0.15) is 4.68 Å². The van der Waals surface area contributed by atoms with E-state index in [1.165, 1.54) is 6.33 Å². The first kappa shape index (κ1) is 14.3. The number of amides is 1. The number of nitrogens with one attached hydrogen (secondary N) is 1. The Labute approximate surface area is 133 Å². The van der Waals surface area contributed by atoms with Crippen LogP contribution in [-0.4, -0.2) is 50.7 Å². The number of aryl methyl sites for hydroxylation is 1. The summed E-state index contributed by atoms with van der Waals surface area (Å²) in [5.41, 5.74) is 1.74. The van der Waals surface area contributed by atoms with Gasteiger partial charge in [0.05, 0.1) is 11.4 Å². The molecule has 0 saturated carbocycles. The molecule has 0 bridgehead atoms. The fourth-order valence-electron chi connectivity index (χ4n) is 3.60. The molecule has 2 aliphatic rings. The molecule has 2 aromatic heterocycles. The lowest BCUT2D eigenvalue weighted by molar-refractivity contribution is -0.118. The van der Waals surface area contributed by atoms with Crippen molar-refractivity contribution in [1.29, 1.82) is 0 Å². The van der Waals surface area contributed by atoms with E-state index in [1.54, 1.807) is 4.68 Å². The zero-order chi connectivity index (χ0) is 15.9. The number of piperidine rings is 1. The van der Waals surface area contributed by atoms with Gasteiger partial charge in [0.15, 0.2) is 0 Å². The number of hydrogen-bond acceptors (Lipinski definition) is 6. The van der Waals surface area contributed by atoms with Gasteiger partial charge in [-0.1, -0.05) is 0 Å². The van der Waals surface area contributed by atoms with Crippen LogP contribution in [0.1, 0.15) is 25.0 Å². The molecule has 8 nitrogen and oxygen atoms in total. The second kappa shape index (κ2) is 5.38. The second-order valence-electron chi connectivity index (χ2n) is 6.44. The Morgan fingerprint density at radius 3 is 2.78 bits per heavy atom. The molecule has 2 saturated heterocycles. The fourth-order valence-corrected chi connectivity index (χ4v) is 3.60. The minimum atomic E-state index is 0.117. The number of rotatable bonds is 2. The molecule has 1 N–H and O–H groups in total. The Kier molecular flexibility index (Phi) is 3.33. The van der Waals surface area contributed by atoms with Crippen molar-refractivity contribution >= 4 is 11.7 Å². The van der Waals surface area contributed by atoms with Crippen molar-refractivity contribution in [2.24, 2.45) is 5.41 Å². The summed E-state index contributed by atoms with van der Waals surface area (Å²) in [6.07, 6.45) is 4.27.